The van der Waals surface area contributed by atoms with Crippen molar-refractivity contribution in [2.24, 2.45) is 0 Å². The van der Waals surface area contributed by atoms with Crippen LogP contribution in [0.15, 0.2) is 48.5 Å². The third-order valence-electron chi connectivity index (χ3n) is 2.89. The van der Waals surface area contributed by atoms with Crippen molar-refractivity contribution in [1.29, 1.82) is 5.26 Å². The van der Waals surface area contributed by atoms with Gasteiger partial charge in [-0.15, -0.1) is 0 Å². The molecule has 0 fully saturated rings. The van der Waals surface area contributed by atoms with Gasteiger partial charge in [-0.1, -0.05) is 18.2 Å². The van der Waals surface area contributed by atoms with Gasteiger partial charge in [0.1, 0.15) is 18.1 Å². The van der Waals surface area contributed by atoms with Crippen LogP contribution in [0, 0.1) is 11.3 Å². The van der Waals surface area contributed by atoms with Crippen molar-refractivity contribution in [2.75, 3.05) is 20.3 Å². The van der Waals surface area contributed by atoms with E-state index in [0.29, 0.717) is 31.1 Å². The zero-order chi connectivity index (χ0) is 14.9. The van der Waals surface area contributed by atoms with Crippen LogP contribution in [0.4, 0.5) is 0 Å². The average Bonchev–Trinajstić information content (AvgIpc) is 2.55. The van der Waals surface area contributed by atoms with Crippen LogP contribution in [0.2, 0.25) is 0 Å². The molecule has 4 heteroatoms. The standard InChI is InChI=1S/C17H17NO3/c1-19-16-7-5-14(6-8-16)13-20-9-10-21-17-4-2-3-15(11-17)12-18/h2-8,11H,9-10,13H2,1H3. The van der Waals surface area contributed by atoms with E-state index in [1.54, 1.807) is 25.3 Å². The van der Waals surface area contributed by atoms with Gasteiger partial charge in [0.15, 0.2) is 0 Å². The van der Waals surface area contributed by atoms with Crippen molar-refractivity contribution in [3.05, 3.63) is 59.7 Å². The molecule has 0 heterocycles. The van der Waals surface area contributed by atoms with E-state index in [9.17, 15) is 0 Å². The van der Waals surface area contributed by atoms with Gasteiger partial charge in [0, 0.05) is 0 Å². The Bertz CT molecular complexity index is 602. The second-order valence-electron chi connectivity index (χ2n) is 4.39. The molecule has 0 saturated heterocycles. The molecule has 0 bridgehead atoms. The van der Waals surface area contributed by atoms with Gasteiger partial charge < -0.3 is 14.2 Å². The molecule has 108 valence electrons. The van der Waals surface area contributed by atoms with Crippen LogP contribution < -0.4 is 9.47 Å². The molecule has 0 aliphatic rings. The minimum absolute atomic E-state index is 0.449. The fourth-order valence-electron chi connectivity index (χ4n) is 1.79. The van der Waals surface area contributed by atoms with E-state index >= 15 is 0 Å². The van der Waals surface area contributed by atoms with E-state index in [1.807, 2.05) is 30.3 Å². The maximum Gasteiger partial charge on any atom is 0.120 e. The van der Waals surface area contributed by atoms with E-state index in [0.717, 1.165) is 11.3 Å². The molecule has 0 aliphatic carbocycles. The Hall–Kier alpha value is -2.51. The van der Waals surface area contributed by atoms with Crippen LogP contribution in [0.3, 0.4) is 0 Å². The Morgan fingerprint density at radius 2 is 1.81 bits per heavy atom. The molecule has 0 N–H and O–H groups in total. The molecule has 0 spiro atoms. The lowest BCUT2D eigenvalue weighted by molar-refractivity contribution is 0.0889. The molecule has 2 aromatic rings. The molecule has 0 aromatic heterocycles. The summed E-state index contributed by atoms with van der Waals surface area (Å²) in [7, 11) is 1.64. The normalized spacial score (nSPS) is 9.90. The molecule has 0 atom stereocenters. The fraction of sp³-hybridized carbons (Fsp3) is 0.235. The van der Waals surface area contributed by atoms with E-state index in [4.69, 9.17) is 19.5 Å². The van der Waals surface area contributed by atoms with Gasteiger partial charge in [0.25, 0.3) is 0 Å². The van der Waals surface area contributed by atoms with Gasteiger partial charge in [-0.2, -0.15) is 5.26 Å². The third-order valence-corrected chi connectivity index (χ3v) is 2.89. The molecule has 0 unspecified atom stereocenters. The Morgan fingerprint density at radius 3 is 2.52 bits per heavy atom. The second-order valence-corrected chi connectivity index (χ2v) is 4.39. The van der Waals surface area contributed by atoms with Crippen molar-refractivity contribution < 1.29 is 14.2 Å². The molecular formula is C17H17NO3. The van der Waals surface area contributed by atoms with Crippen LogP contribution in [-0.4, -0.2) is 20.3 Å². The summed E-state index contributed by atoms with van der Waals surface area (Å²) in [4.78, 5) is 0. The van der Waals surface area contributed by atoms with Gasteiger partial charge in [-0.3, -0.25) is 0 Å². The molecule has 4 nitrogen and oxygen atoms in total. The maximum absolute atomic E-state index is 8.80. The maximum atomic E-state index is 8.80. The molecular weight excluding hydrogens is 266 g/mol. The van der Waals surface area contributed by atoms with Crippen LogP contribution in [-0.2, 0) is 11.3 Å². The first-order chi connectivity index (χ1) is 10.3. The molecule has 2 aromatic carbocycles. The minimum Gasteiger partial charge on any atom is -0.497 e. The smallest absolute Gasteiger partial charge is 0.120 e. The van der Waals surface area contributed by atoms with Crippen molar-refractivity contribution >= 4 is 0 Å². The first-order valence-electron chi connectivity index (χ1n) is 6.65. The lowest BCUT2D eigenvalue weighted by atomic mass is 10.2. The van der Waals surface area contributed by atoms with Crippen LogP contribution in [0.1, 0.15) is 11.1 Å². The Labute approximate surface area is 124 Å². The number of hydrogen-bond donors (Lipinski definition) is 0. The van der Waals surface area contributed by atoms with Gasteiger partial charge in [-0.25, -0.2) is 0 Å². The van der Waals surface area contributed by atoms with Crippen LogP contribution in [0.5, 0.6) is 11.5 Å². The van der Waals surface area contributed by atoms with Crippen molar-refractivity contribution in [3.8, 4) is 17.6 Å². The predicted molar refractivity (Wildman–Crippen MR) is 79.3 cm³/mol. The topological polar surface area (TPSA) is 51.5 Å². The number of rotatable bonds is 7. The molecule has 0 saturated carbocycles. The van der Waals surface area contributed by atoms with Crippen LogP contribution in [0.25, 0.3) is 0 Å². The second kappa shape index (κ2) is 7.93. The molecule has 0 radical (unpaired) electrons. The van der Waals surface area contributed by atoms with Crippen molar-refractivity contribution in [1.82, 2.24) is 0 Å². The summed E-state index contributed by atoms with van der Waals surface area (Å²) in [6, 6.07) is 16.9. The Kier molecular flexibility index (Phi) is 5.62. The monoisotopic (exact) mass is 283 g/mol. The van der Waals surface area contributed by atoms with Gasteiger partial charge in [-0.05, 0) is 35.9 Å². The van der Waals surface area contributed by atoms with Crippen molar-refractivity contribution in [3.63, 3.8) is 0 Å². The number of methoxy groups -OCH3 is 1. The average molecular weight is 283 g/mol. The first kappa shape index (κ1) is 14.9. The Balaban J connectivity index is 1.68. The highest BCUT2D eigenvalue weighted by atomic mass is 16.5. The van der Waals surface area contributed by atoms with E-state index in [-0.39, 0.29) is 0 Å². The number of hydrogen-bond acceptors (Lipinski definition) is 4. The summed E-state index contributed by atoms with van der Waals surface area (Å²) in [6.45, 7) is 1.47. The third kappa shape index (κ3) is 4.83. The zero-order valence-electron chi connectivity index (χ0n) is 11.9. The van der Waals surface area contributed by atoms with Crippen molar-refractivity contribution in [2.45, 2.75) is 6.61 Å². The van der Waals surface area contributed by atoms with Gasteiger partial charge in [0.05, 0.1) is 32.0 Å². The summed E-state index contributed by atoms with van der Waals surface area (Å²) in [5.41, 5.74) is 1.67. The lowest BCUT2D eigenvalue weighted by Gasteiger charge is -2.08. The highest BCUT2D eigenvalue weighted by Gasteiger charge is 1.98. The zero-order valence-corrected chi connectivity index (χ0v) is 11.9. The summed E-state index contributed by atoms with van der Waals surface area (Å²) < 4.78 is 16.2. The van der Waals surface area contributed by atoms with Gasteiger partial charge in [0.2, 0.25) is 0 Å². The van der Waals surface area contributed by atoms with Crippen LogP contribution >= 0.6 is 0 Å². The van der Waals surface area contributed by atoms with E-state index < -0.39 is 0 Å². The number of benzene rings is 2. The summed E-state index contributed by atoms with van der Waals surface area (Å²) in [5.74, 6) is 1.52. The largest absolute Gasteiger partial charge is 0.497 e. The minimum atomic E-state index is 0.449. The molecule has 2 rings (SSSR count). The molecule has 0 amide bonds. The SMILES string of the molecule is COc1ccc(COCCOc2cccc(C#N)c2)cc1. The number of ether oxygens (including phenoxy) is 3. The van der Waals surface area contributed by atoms with E-state index in [1.165, 1.54) is 0 Å². The fourth-order valence-corrected chi connectivity index (χ4v) is 1.79. The Morgan fingerprint density at radius 1 is 1.00 bits per heavy atom. The van der Waals surface area contributed by atoms with Gasteiger partial charge >= 0.3 is 0 Å². The molecule has 21 heavy (non-hydrogen) atoms. The quantitative estimate of drug-likeness (QED) is 0.732. The number of nitriles is 1. The number of nitrogens with zero attached hydrogens (tertiary/aromatic N) is 1. The van der Waals surface area contributed by atoms with E-state index in [2.05, 4.69) is 6.07 Å². The summed E-state index contributed by atoms with van der Waals surface area (Å²) in [6.07, 6.45) is 0. The summed E-state index contributed by atoms with van der Waals surface area (Å²) in [5, 5.41) is 8.80. The molecule has 0 aliphatic heterocycles. The summed E-state index contributed by atoms with van der Waals surface area (Å²) >= 11 is 0. The first-order valence-corrected chi connectivity index (χ1v) is 6.65. The predicted octanol–water partition coefficient (Wildman–Crippen LogP) is 3.16. The highest BCUT2D eigenvalue weighted by Crippen LogP contribution is 2.13. The lowest BCUT2D eigenvalue weighted by Crippen LogP contribution is -2.06. The highest BCUT2D eigenvalue weighted by molar-refractivity contribution is 5.36.